The zero-order chi connectivity index (χ0) is 15.2. The second kappa shape index (κ2) is 6.90. The van der Waals surface area contributed by atoms with Crippen molar-refractivity contribution in [1.29, 1.82) is 0 Å². The van der Waals surface area contributed by atoms with Gasteiger partial charge in [0.15, 0.2) is 0 Å². The van der Waals surface area contributed by atoms with Gasteiger partial charge in [-0.1, -0.05) is 17.8 Å². The lowest BCUT2D eigenvalue weighted by Crippen LogP contribution is -2.03. The van der Waals surface area contributed by atoms with Crippen molar-refractivity contribution in [3.63, 3.8) is 0 Å². The molecule has 2 aromatic carbocycles. The molecule has 0 heterocycles. The molecule has 0 saturated carbocycles. The number of nitro groups is 1. The summed E-state index contributed by atoms with van der Waals surface area (Å²) in [6.07, 6.45) is 0. The highest BCUT2D eigenvalue weighted by Gasteiger charge is 2.08. The lowest BCUT2D eigenvalue weighted by Gasteiger charge is -2.04. The lowest BCUT2D eigenvalue weighted by molar-refractivity contribution is -0.385. The Labute approximate surface area is 126 Å². The minimum Gasteiger partial charge on any atom is -0.462 e. The number of hydrogen-bond donors (Lipinski definition) is 0. The Morgan fingerprint density at radius 2 is 1.90 bits per heavy atom. The summed E-state index contributed by atoms with van der Waals surface area (Å²) < 4.78 is 4.91. The molecule has 5 nitrogen and oxygen atoms in total. The van der Waals surface area contributed by atoms with E-state index in [2.05, 4.69) is 0 Å². The van der Waals surface area contributed by atoms with Gasteiger partial charge in [-0.25, -0.2) is 4.79 Å². The molecule has 2 aromatic rings. The number of esters is 1. The fourth-order valence-electron chi connectivity index (χ4n) is 1.67. The summed E-state index contributed by atoms with van der Waals surface area (Å²) in [5, 5.41) is 10.7. The molecule has 0 bridgehead atoms. The van der Waals surface area contributed by atoms with Crippen LogP contribution in [0.2, 0.25) is 0 Å². The smallest absolute Gasteiger partial charge is 0.338 e. The van der Waals surface area contributed by atoms with Crippen LogP contribution >= 0.6 is 11.8 Å². The van der Waals surface area contributed by atoms with E-state index in [1.165, 1.54) is 23.9 Å². The van der Waals surface area contributed by atoms with E-state index in [0.717, 1.165) is 9.79 Å². The van der Waals surface area contributed by atoms with E-state index >= 15 is 0 Å². The van der Waals surface area contributed by atoms with Crippen LogP contribution in [-0.4, -0.2) is 17.5 Å². The van der Waals surface area contributed by atoms with Gasteiger partial charge in [0.05, 0.1) is 17.1 Å². The van der Waals surface area contributed by atoms with E-state index in [-0.39, 0.29) is 11.7 Å². The number of non-ortho nitro benzene ring substituents is 1. The first-order valence-electron chi connectivity index (χ1n) is 6.29. The van der Waals surface area contributed by atoms with Crippen molar-refractivity contribution in [3.05, 3.63) is 64.2 Å². The van der Waals surface area contributed by atoms with Crippen molar-refractivity contribution in [2.24, 2.45) is 0 Å². The average molecular weight is 303 g/mol. The van der Waals surface area contributed by atoms with Crippen LogP contribution in [0.15, 0.2) is 58.3 Å². The number of carbonyl (C=O) groups excluding carboxylic acids is 1. The molecule has 0 aliphatic heterocycles. The average Bonchev–Trinajstić information content (AvgIpc) is 2.48. The van der Waals surface area contributed by atoms with Gasteiger partial charge in [0.1, 0.15) is 0 Å². The van der Waals surface area contributed by atoms with E-state index in [4.69, 9.17) is 4.74 Å². The highest BCUT2D eigenvalue weighted by atomic mass is 32.2. The van der Waals surface area contributed by atoms with Gasteiger partial charge in [-0.3, -0.25) is 10.1 Å². The number of hydrogen-bond acceptors (Lipinski definition) is 5. The van der Waals surface area contributed by atoms with E-state index in [0.29, 0.717) is 12.2 Å². The van der Waals surface area contributed by atoms with Crippen molar-refractivity contribution in [1.82, 2.24) is 0 Å². The standard InChI is InChI=1S/C15H13NO4S/c1-2-20-15(17)11-6-8-13(9-7-11)21-14-5-3-4-12(10-14)16(18)19/h3-10H,2H2,1H3. The summed E-state index contributed by atoms with van der Waals surface area (Å²) >= 11 is 1.40. The molecule has 2 rings (SSSR count). The highest BCUT2D eigenvalue weighted by Crippen LogP contribution is 2.30. The predicted molar refractivity (Wildman–Crippen MR) is 79.6 cm³/mol. The molecule has 0 saturated heterocycles. The minimum atomic E-state index is -0.423. The third-order valence-corrected chi connectivity index (χ3v) is 3.63. The zero-order valence-electron chi connectivity index (χ0n) is 11.3. The number of nitro benzene ring substituents is 1. The fourth-order valence-corrected chi connectivity index (χ4v) is 2.54. The van der Waals surface area contributed by atoms with Crippen LogP contribution in [0.5, 0.6) is 0 Å². The number of rotatable bonds is 5. The van der Waals surface area contributed by atoms with Crippen molar-refractivity contribution in [3.8, 4) is 0 Å². The molecule has 6 heteroatoms. The summed E-state index contributed by atoms with van der Waals surface area (Å²) in [5.41, 5.74) is 0.545. The van der Waals surface area contributed by atoms with Gasteiger partial charge in [-0.05, 0) is 37.3 Å². The van der Waals surface area contributed by atoms with Crippen LogP contribution in [0.1, 0.15) is 17.3 Å². The summed E-state index contributed by atoms with van der Waals surface area (Å²) in [5.74, 6) is -0.357. The maximum Gasteiger partial charge on any atom is 0.338 e. The van der Waals surface area contributed by atoms with Crippen LogP contribution in [-0.2, 0) is 4.74 Å². The molecule has 0 aromatic heterocycles. The van der Waals surface area contributed by atoms with E-state index < -0.39 is 4.92 Å². The molecular weight excluding hydrogens is 290 g/mol. The van der Waals surface area contributed by atoms with Gasteiger partial charge >= 0.3 is 5.97 Å². The zero-order valence-corrected chi connectivity index (χ0v) is 12.1. The van der Waals surface area contributed by atoms with Crippen LogP contribution in [0, 0.1) is 10.1 Å². The van der Waals surface area contributed by atoms with Crippen LogP contribution in [0.3, 0.4) is 0 Å². The van der Waals surface area contributed by atoms with Crippen molar-refractivity contribution < 1.29 is 14.5 Å². The Kier molecular flexibility index (Phi) is 4.94. The van der Waals surface area contributed by atoms with Gasteiger partial charge < -0.3 is 4.74 Å². The summed E-state index contributed by atoms with van der Waals surface area (Å²) in [6.45, 7) is 2.09. The molecule has 21 heavy (non-hydrogen) atoms. The number of ether oxygens (including phenoxy) is 1. The predicted octanol–water partition coefficient (Wildman–Crippen LogP) is 3.92. The van der Waals surface area contributed by atoms with Crippen molar-refractivity contribution >= 4 is 23.4 Å². The molecule has 0 N–H and O–H groups in total. The van der Waals surface area contributed by atoms with E-state index in [9.17, 15) is 14.9 Å². The Morgan fingerprint density at radius 1 is 1.19 bits per heavy atom. The Balaban J connectivity index is 2.11. The van der Waals surface area contributed by atoms with Gasteiger partial charge in [0, 0.05) is 21.9 Å². The second-order valence-corrected chi connectivity index (χ2v) is 5.25. The van der Waals surface area contributed by atoms with Gasteiger partial charge in [-0.2, -0.15) is 0 Å². The largest absolute Gasteiger partial charge is 0.462 e. The summed E-state index contributed by atoms with van der Waals surface area (Å²) in [7, 11) is 0. The first kappa shape index (κ1) is 15.1. The Bertz CT molecular complexity index is 655. The molecule has 0 spiro atoms. The van der Waals surface area contributed by atoms with Gasteiger partial charge in [0.25, 0.3) is 5.69 Å². The Hall–Kier alpha value is -2.34. The third-order valence-electron chi connectivity index (χ3n) is 2.63. The SMILES string of the molecule is CCOC(=O)c1ccc(Sc2cccc([N+](=O)[O-])c2)cc1. The van der Waals surface area contributed by atoms with Gasteiger partial charge in [-0.15, -0.1) is 0 Å². The number of nitrogens with zero attached hydrogens (tertiary/aromatic N) is 1. The maximum absolute atomic E-state index is 11.5. The first-order valence-corrected chi connectivity index (χ1v) is 7.11. The van der Waals surface area contributed by atoms with Crippen molar-refractivity contribution in [2.45, 2.75) is 16.7 Å². The molecule has 0 atom stereocenters. The Morgan fingerprint density at radius 3 is 2.52 bits per heavy atom. The molecule has 108 valence electrons. The van der Waals surface area contributed by atoms with E-state index in [1.807, 2.05) is 0 Å². The minimum absolute atomic E-state index is 0.0585. The van der Waals surface area contributed by atoms with Crippen LogP contribution in [0.4, 0.5) is 5.69 Å². The maximum atomic E-state index is 11.5. The van der Waals surface area contributed by atoms with E-state index in [1.54, 1.807) is 43.3 Å². The van der Waals surface area contributed by atoms with Gasteiger partial charge in [0.2, 0.25) is 0 Å². The molecule has 0 aliphatic rings. The molecular formula is C15H13NO4S. The van der Waals surface area contributed by atoms with Crippen LogP contribution < -0.4 is 0 Å². The lowest BCUT2D eigenvalue weighted by atomic mass is 10.2. The summed E-state index contributed by atoms with van der Waals surface area (Å²) in [4.78, 5) is 23.5. The van der Waals surface area contributed by atoms with Crippen LogP contribution in [0.25, 0.3) is 0 Å². The van der Waals surface area contributed by atoms with Crippen molar-refractivity contribution in [2.75, 3.05) is 6.61 Å². The monoisotopic (exact) mass is 303 g/mol. The molecule has 0 fully saturated rings. The molecule has 0 amide bonds. The normalized spacial score (nSPS) is 10.1. The third kappa shape index (κ3) is 4.06. The highest BCUT2D eigenvalue weighted by molar-refractivity contribution is 7.99. The fraction of sp³-hybridized carbons (Fsp3) is 0.133. The summed E-state index contributed by atoms with van der Waals surface area (Å²) in [6, 6.07) is 13.4. The number of benzene rings is 2. The first-order chi connectivity index (χ1) is 10.1. The molecule has 0 unspecified atom stereocenters. The second-order valence-electron chi connectivity index (χ2n) is 4.10. The molecule has 0 radical (unpaired) electrons. The number of carbonyl (C=O) groups is 1. The molecule has 0 aliphatic carbocycles. The quantitative estimate of drug-likeness (QED) is 0.475. The topological polar surface area (TPSA) is 69.4 Å².